The van der Waals surface area contributed by atoms with Gasteiger partial charge < -0.3 is 10.4 Å². The van der Waals surface area contributed by atoms with E-state index in [4.69, 9.17) is 5.11 Å². The highest BCUT2D eigenvalue weighted by Gasteiger charge is 2.35. The zero-order chi connectivity index (χ0) is 17.3. The average molecular weight is 356 g/mol. The first-order valence-electron chi connectivity index (χ1n) is 6.81. The molecule has 3 rings (SSSR count). The van der Waals surface area contributed by atoms with Gasteiger partial charge in [-0.3, -0.25) is 4.79 Å². The molecule has 126 valence electrons. The highest BCUT2D eigenvalue weighted by Crippen LogP contribution is 2.33. The summed E-state index contributed by atoms with van der Waals surface area (Å²) >= 11 is 1.26. The highest BCUT2D eigenvalue weighted by molar-refractivity contribution is 7.13. The van der Waals surface area contributed by atoms with E-state index in [1.54, 1.807) is 17.5 Å². The van der Waals surface area contributed by atoms with Gasteiger partial charge in [0.1, 0.15) is 0 Å². The zero-order valence-electron chi connectivity index (χ0n) is 12.0. The van der Waals surface area contributed by atoms with Crippen molar-refractivity contribution in [2.45, 2.75) is 6.18 Å². The van der Waals surface area contributed by atoms with Crippen LogP contribution in [-0.2, 0) is 6.18 Å². The number of aliphatic hydroxyl groups is 1. The zero-order valence-corrected chi connectivity index (χ0v) is 12.9. The number of alkyl halides is 3. The van der Waals surface area contributed by atoms with Gasteiger partial charge in [-0.1, -0.05) is 6.07 Å². The van der Waals surface area contributed by atoms with Crippen molar-refractivity contribution in [2.24, 2.45) is 0 Å². The molecule has 24 heavy (non-hydrogen) atoms. The lowest BCUT2D eigenvalue weighted by molar-refractivity contribution is -0.142. The van der Waals surface area contributed by atoms with Crippen LogP contribution >= 0.6 is 11.3 Å². The summed E-state index contributed by atoms with van der Waals surface area (Å²) in [6, 6.07) is 5.46. The van der Waals surface area contributed by atoms with E-state index < -0.39 is 17.8 Å². The van der Waals surface area contributed by atoms with E-state index in [1.807, 2.05) is 0 Å². The number of carbonyl (C=O) groups is 1. The molecule has 0 unspecified atom stereocenters. The van der Waals surface area contributed by atoms with Crippen molar-refractivity contribution in [3.8, 4) is 10.6 Å². The molecule has 0 bridgehead atoms. The summed E-state index contributed by atoms with van der Waals surface area (Å²) in [5, 5.41) is 16.5. The van der Waals surface area contributed by atoms with Gasteiger partial charge in [-0.05, 0) is 17.5 Å². The monoisotopic (exact) mass is 356 g/mol. The van der Waals surface area contributed by atoms with E-state index in [9.17, 15) is 18.0 Å². The van der Waals surface area contributed by atoms with Crippen LogP contribution in [0, 0.1) is 0 Å². The molecule has 0 saturated heterocycles. The van der Waals surface area contributed by atoms with Gasteiger partial charge in [0.2, 0.25) is 0 Å². The Bertz CT molecular complexity index is 874. The predicted molar refractivity (Wildman–Crippen MR) is 80.7 cm³/mol. The summed E-state index contributed by atoms with van der Waals surface area (Å²) in [4.78, 5) is 16.6. The summed E-state index contributed by atoms with van der Waals surface area (Å²) in [6.07, 6.45) is -4.65. The fourth-order valence-corrected chi connectivity index (χ4v) is 2.78. The van der Waals surface area contributed by atoms with Crippen molar-refractivity contribution in [2.75, 3.05) is 13.2 Å². The van der Waals surface area contributed by atoms with Gasteiger partial charge in [-0.2, -0.15) is 18.3 Å². The maximum absolute atomic E-state index is 13.3. The van der Waals surface area contributed by atoms with Crippen molar-refractivity contribution in [1.29, 1.82) is 0 Å². The second-order valence-electron chi connectivity index (χ2n) is 4.78. The van der Waals surface area contributed by atoms with Gasteiger partial charge in [0.05, 0.1) is 17.2 Å². The molecule has 3 heterocycles. The molecule has 0 aromatic carbocycles. The van der Waals surface area contributed by atoms with E-state index >= 15 is 0 Å². The number of nitrogens with zero attached hydrogens (tertiary/aromatic N) is 3. The third-order valence-corrected chi connectivity index (χ3v) is 4.01. The Morgan fingerprint density at radius 3 is 2.79 bits per heavy atom. The molecule has 10 heteroatoms. The predicted octanol–water partition coefficient (Wildman–Crippen LogP) is 2.20. The van der Waals surface area contributed by atoms with Gasteiger partial charge in [0, 0.05) is 12.6 Å². The Hall–Kier alpha value is -2.46. The molecule has 0 aliphatic carbocycles. The molecule has 1 amide bonds. The number of halogens is 3. The number of hydrogen-bond donors (Lipinski definition) is 2. The van der Waals surface area contributed by atoms with E-state index in [0.717, 1.165) is 6.07 Å². The molecule has 0 spiro atoms. The van der Waals surface area contributed by atoms with Crippen LogP contribution < -0.4 is 5.32 Å². The smallest absolute Gasteiger partial charge is 0.395 e. The maximum Gasteiger partial charge on any atom is 0.433 e. The number of aliphatic hydroxyl groups excluding tert-OH is 1. The Morgan fingerprint density at radius 2 is 2.17 bits per heavy atom. The van der Waals surface area contributed by atoms with Crippen molar-refractivity contribution < 1.29 is 23.1 Å². The Morgan fingerprint density at radius 1 is 1.38 bits per heavy atom. The van der Waals surface area contributed by atoms with E-state index in [1.165, 1.54) is 17.4 Å². The minimum atomic E-state index is -4.65. The highest BCUT2D eigenvalue weighted by atomic mass is 32.1. The maximum atomic E-state index is 13.3. The van der Waals surface area contributed by atoms with E-state index in [2.05, 4.69) is 15.4 Å². The number of amides is 1. The summed E-state index contributed by atoms with van der Waals surface area (Å²) in [6.45, 7) is -0.305. The molecule has 0 saturated carbocycles. The summed E-state index contributed by atoms with van der Waals surface area (Å²) in [5.74, 6) is -0.680. The van der Waals surface area contributed by atoms with Crippen LogP contribution in [0.2, 0.25) is 0 Å². The number of rotatable bonds is 4. The fourth-order valence-electron chi connectivity index (χ4n) is 2.10. The van der Waals surface area contributed by atoms with E-state index in [-0.39, 0.29) is 30.2 Å². The number of fused-ring (bicyclic) bond motifs is 1. The first-order valence-corrected chi connectivity index (χ1v) is 7.69. The normalized spacial score (nSPS) is 11.8. The van der Waals surface area contributed by atoms with Gasteiger partial charge in [-0.25, -0.2) is 9.50 Å². The third-order valence-electron chi connectivity index (χ3n) is 3.12. The number of nitrogens with one attached hydrogen (secondary N) is 1. The van der Waals surface area contributed by atoms with Crippen LogP contribution in [0.15, 0.2) is 29.6 Å². The summed E-state index contributed by atoms with van der Waals surface area (Å²) in [7, 11) is 0. The van der Waals surface area contributed by atoms with E-state index in [0.29, 0.717) is 9.39 Å². The number of thiophene rings is 1. The van der Waals surface area contributed by atoms with Gasteiger partial charge in [-0.15, -0.1) is 11.3 Å². The number of hydrogen-bond acceptors (Lipinski definition) is 5. The lowest BCUT2D eigenvalue weighted by Crippen LogP contribution is -2.26. The van der Waals surface area contributed by atoms with Crippen LogP contribution in [0.4, 0.5) is 13.2 Å². The molecular formula is C14H11F3N4O2S. The Balaban J connectivity index is 2.14. The molecule has 0 radical (unpaired) electrons. The van der Waals surface area contributed by atoms with Crippen molar-refractivity contribution in [1.82, 2.24) is 19.9 Å². The first kappa shape index (κ1) is 16.4. The number of carbonyl (C=O) groups excluding carboxylic acids is 1. The van der Waals surface area contributed by atoms with Gasteiger partial charge in [0.15, 0.2) is 17.0 Å². The molecule has 0 fully saturated rings. The molecule has 0 atom stereocenters. The molecular weight excluding hydrogens is 345 g/mol. The lowest BCUT2D eigenvalue weighted by Gasteiger charge is -2.10. The largest absolute Gasteiger partial charge is 0.433 e. The average Bonchev–Trinajstić information content (AvgIpc) is 3.19. The van der Waals surface area contributed by atoms with Crippen molar-refractivity contribution in [3.63, 3.8) is 0 Å². The SMILES string of the molecule is O=C(NCCO)c1cc2nc(-c3cccs3)cc(C(F)(F)F)n2n1. The minimum Gasteiger partial charge on any atom is -0.395 e. The topological polar surface area (TPSA) is 79.5 Å². The number of aromatic nitrogens is 3. The standard InChI is InChI=1S/C14H11F3N4O2S/c15-14(16,17)11-6-8(10-2-1-5-24-10)19-12-7-9(20-21(11)12)13(23)18-3-4-22/h1-2,5-7,22H,3-4H2,(H,18,23). The minimum absolute atomic E-state index is 0.0211. The molecule has 3 aromatic heterocycles. The fraction of sp³-hybridized carbons (Fsp3) is 0.214. The lowest BCUT2D eigenvalue weighted by atomic mass is 10.2. The van der Waals surface area contributed by atoms with Gasteiger partial charge in [0.25, 0.3) is 5.91 Å². The quantitative estimate of drug-likeness (QED) is 0.751. The summed E-state index contributed by atoms with van der Waals surface area (Å²) < 4.78 is 40.6. The third kappa shape index (κ3) is 3.10. The Labute approximate surface area is 137 Å². The first-order chi connectivity index (χ1) is 11.4. The van der Waals surface area contributed by atoms with Crippen LogP contribution in [0.3, 0.4) is 0 Å². The van der Waals surface area contributed by atoms with Crippen LogP contribution in [0.25, 0.3) is 16.2 Å². The van der Waals surface area contributed by atoms with Crippen LogP contribution in [-0.4, -0.2) is 38.8 Å². The molecule has 3 aromatic rings. The Kier molecular flexibility index (Phi) is 4.24. The molecule has 2 N–H and O–H groups in total. The van der Waals surface area contributed by atoms with Gasteiger partial charge >= 0.3 is 6.18 Å². The molecule has 6 nitrogen and oxygen atoms in total. The molecule has 0 aliphatic heterocycles. The van der Waals surface area contributed by atoms with Crippen molar-refractivity contribution >= 4 is 22.9 Å². The molecule has 0 aliphatic rings. The second kappa shape index (κ2) is 6.21. The van der Waals surface area contributed by atoms with Crippen molar-refractivity contribution in [3.05, 3.63) is 41.0 Å². The van der Waals surface area contributed by atoms with Crippen LogP contribution in [0.5, 0.6) is 0 Å². The second-order valence-corrected chi connectivity index (χ2v) is 5.73. The summed E-state index contributed by atoms with van der Waals surface area (Å²) in [5.41, 5.74) is -1.14. The van der Waals surface area contributed by atoms with Crippen LogP contribution in [0.1, 0.15) is 16.2 Å².